The second-order valence-electron chi connectivity index (χ2n) is 7.66. The third-order valence-corrected chi connectivity index (χ3v) is 5.98. The Morgan fingerprint density at radius 1 is 1.00 bits per heavy atom. The Hall–Kier alpha value is -2.63. The highest BCUT2D eigenvalue weighted by Crippen LogP contribution is 2.45. The molecule has 0 bridgehead atoms. The van der Waals surface area contributed by atoms with Gasteiger partial charge in [-0.05, 0) is 81.8 Å². The van der Waals surface area contributed by atoms with Gasteiger partial charge in [-0.15, -0.1) is 0 Å². The summed E-state index contributed by atoms with van der Waals surface area (Å²) in [5.74, 6) is 1.17. The number of nitrogens with one attached hydrogen (secondary N) is 1. The molecule has 0 saturated carbocycles. The van der Waals surface area contributed by atoms with Gasteiger partial charge in [0.25, 0.3) is 0 Å². The van der Waals surface area contributed by atoms with Crippen LogP contribution in [0.15, 0.2) is 65.4 Å². The van der Waals surface area contributed by atoms with Crippen LogP contribution in [0.25, 0.3) is 6.08 Å². The van der Waals surface area contributed by atoms with Gasteiger partial charge in [-0.2, -0.15) is 4.68 Å². The molecule has 146 valence electrons. The lowest BCUT2D eigenvalue weighted by Gasteiger charge is -2.36. The lowest BCUT2D eigenvalue weighted by Crippen LogP contribution is -2.30. The van der Waals surface area contributed by atoms with E-state index in [9.17, 15) is 0 Å². The van der Waals surface area contributed by atoms with Crippen LogP contribution in [0, 0.1) is 5.92 Å². The molecule has 5 rings (SSSR count). The summed E-state index contributed by atoms with van der Waals surface area (Å²) in [6, 6.07) is 15.8. The normalized spacial score (nSPS) is 22.2. The van der Waals surface area contributed by atoms with E-state index in [1.807, 2.05) is 41.1 Å². The van der Waals surface area contributed by atoms with Crippen molar-refractivity contribution in [2.75, 3.05) is 5.32 Å². The van der Waals surface area contributed by atoms with Crippen LogP contribution < -0.4 is 5.32 Å². The fourth-order valence-corrected chi connectivity index (χ4v) is 4.48. The highest BCUT2D eigenvalue weighted by atomic mass is 35.5. The van der Waals surface area contributed by atoms with E-state index in [0.717, 1.165) is 34.7 Å². The summed E-state index contributed by atoms with van der Waals surface area (Å²) in [5, 5.41) is 17.3. The van der Waals surface area contributed by atoms with Crippen molar-refractivity contribution >= 4 is 35.2 Å². The number of hydrogen-bond acceptors (Lipinski definition) is 4. The third-order valence-electron chi connectivity index (χ3n) is 5.48. The van der Waals surface area contributed by atoms with E-state index >= 15 is 0 Å². The molecule has 29 heavy (non-hydrogen) atoms. The Balaban J connectivity index is 1.65. The Labute approximate surface area is 179 Å². The van der Waals surface area contributed by atoms with Crippen molar-refractivity contribution in [3.8, 4) is 0 Å². The molecule has 7 heteroatoms. The van der Waals surface area contributed by atoms with E-state index in [-0.39, 0.29) is 6.04 Å². The summed E-state index contributed by atoms with van der Waals surface area (Å²) in [7, 11) is 0. The molecule has 0 spiro atoms. The molecule has 0 fully saturated rings. The third kappa shape index (κ3) is 3.45. The number of aromatic nitrogens is 4. The Kier molecular flexibility index (Phi) is 4.64. The quantitative estimate of drug-likeness (QED) is 0.568. The summed E-state index contributed by atoms with van der Waals surface area (Å²) >= 11 is 12.2. The van der Waals surface area contributed by atoms with Gasteiger partial charge in [0.1, 0.15) is 6.04 Å². The molecular formula is C22H19Cl2N5. The predicted octanol–water partition coefficient (Wildman–Crippen LogP) is 5.76. The van der Waals surface area contributed by atoms with Crippen molar-refractivity contribution in [3.63, 3.8) is 0 Å². The molecule has 1 aromatic heterocycles. The van der Waals surface area contributed by atoms with Crippen LogP contribution in [0.5, 0.6) is 0 Å². The zero-order valence-electron chi connectivity index (χ0n) is 15.8. The largest absolute Gasteiger partial charge is 0.323 e. The van der Waals surface area contributed by atoms with Gasteiger partial charge in [0, 0.05) is 15.7 Å². The van der Waals surface area contributed by atoms with E-state index in [1.54, 1.807) is 0 Å². The molecule has 1 aliphatic heterocycles. The minimum Gasteiger partial charge on any atom is -0.323 e. The lowest BCUT2D eigenvalue weighted by atomic mass is 9.78. The van der Waals surface area contributed by atoms with Crippen LogP contribution in [0.4, 0.5) is 5.95 Å². The van der Waals surface area contributed by atoms with Gasteiger partial charge in [0.2, 0.25) is 5.95 Å². The van der Waals surface area contributed by atoms with Crippen molar-refractivity contribution < 1.29 is 0 Å². The number of anilines is 1. The van der Waals surface area contributed by atoms with E-state index in [0.29, 0.717) is 16.9 Å². The first-order chi connectivity index (χ1) is 14.1. The maximum absolute atomic E-state index is 6.12. The molecule has 2 aromatic carbocycles. The molecule has 1 N–H and O–H groups in total. The molecular weight excluding hydrogens is 405 g/mol. The molecule has 0 radical (unpaired) electrons. The van der Waals surface area contributed by atoms with Crippen LogP contribution in [-0.4, -0.2) is 20.2 Å². The molecule has 2 atom stereocenters. The van der Waals surface area contributed by atoms with Crippen LogP contribution >= 0.6 is 23.2 Å². The first kappa shape index (κ1) is 18.4. The number of hydrogen-bond donors (Lipinski definition) is 1. The smallest absolute Gasteiger partial charge is 0.248 e. The number of nitrogens with zero attached hydrogens (tertiary/aromatic N) is 4. The summed E-state index contributed by atoms with van der Waals surface area (Å²) in [6.45, 7) is 2.29. The second-order valence-corrected chi connectivity index (χ2v) is 8.53. The van der Waals surface area contributed by atoms with Crippen LogP contribution in [0.3, 0.4) is 0 Å². The monoisotopic (exact) mass is 423 g/mol. The van der Waals surface area contributed by atoms with E-state index in [1.165, 1.54) is 11.1 Å². The zero-order valence-corrected chi connectivity index (χ0v) is 17.3. The van der Waals surface area contributed by atoms with Crippen molar-refractivity contribution in [1.82, 2.24) is 20.2 Å². The molecule has 2 aliphatic rings. The molecule has 3 aromatic rings. The minimum atomic E-state index is -0.0510. The number of benzene rings is 2. The van der Waals surface area contributed by atoms with Gasteiger partial charge in [-0.3, -0.25) is 0 Å². The molecule has 0 saturated heterocycles. The standard InChI is InChI=1S/C22H19Cl2N5/c1-13-10-16(12-14-2-6-17(23)7-3-14)20-19(11-13)21(15-4-8-18(24)9-5-15)29-22(25-20)26-27-28-29/h2-9,12-13,21H,10-11H2,1H3,(H,25,26,28)/b16-12+/t13-,21-/m0/s1. The van der Waals surface area contributed by atoms with E-state index < -0.39 is 0 Å². The van der Waals surface area contributed by atoms with Gasteiger partial charge >= 0.3 is 0 Å². The van der Waals surface area contributed by atoms with Crippen molar-refractivity contribution in [1.29, 1.82) is 0 Å². The van der Waals surface area contributed by atoms with Crippen LogP contribution in [0.1, 0.15) is 36.9 Å². The van der Waals surface area contributed by atoms with Gasteiger partial charge in [0.15, 0.2) is 0 Å². The van der Waals surface area contributed by atoms with E-state index in [4.69, 9.17) is 23.2 Å². The van der Waals surface area contributed by atoms with Crippen LogP contribution in [-0.2, 0) is 0 Å². The Morgan fingerprint density at radius 2 is 1.69 bits per heavy atom. The van der Waals surface area contributed by atoms with Crippen LogP contribution in [0.2, 0.25) is 10.0 Å². The van der Waals surface area contributed by atoms with Crippen molar-refractivity contribution in [2.45, 2.75) is 25.8 Å². The summed E-state index contributed by atoms with van der Waals surface area (Å²) in [6.07, 6.45) is 4.20. The van der Waals surface area contributed by atoms with E-state index in [2.05, 4.69) is 46.0 Å². The van der Waals surface area contributed by atoms with Gasteiger partial charge in [0.05, 0.1) is 0 Å². The summed E-state index contributed by atoms with van der Waals surface area (Å²) < 4.78 is 1.86. The maximum atomic E-state index is 6.12. The summed E-state index contributed by atoms with van der Waals surface area (Å²) in [4.78, 5) is 0. The average Bonchev–Trinajstić information content (AvgIpc) is 3.17. The molecule has 2 heterocycles. The van der Waals surface area contributed by atoms with Crippen molar-refractivity contribution in [2.24, 2.45) is 5.92 Å². The highest BCUT2D eigenvalue weighted by molar-refractivity contribution is 6.30. The lowest BCUT2D eigenvalue weighted by molar-refractivity contribution is 0.471. The number of rotatable bonds is 2. The average molecular weight is 424 g/mol. The fraction of sp³-hybridized carbons (Fsp3) is 0.227. The Morgan fingerprint density at radius 3 is 2.41 bits per heavy atom. The molecule has 0 unspecified atom stereocenters. The SMILES string of the molecule is C[C@@H]1CC2=C(Nc3nnnn3[C@H]2c2ccc(Cl)cc2)/C(=C/c2ccc(Cl)cc2)C1. The highest BCUT2D eigenvalue weighted by Gasteiger charge is 2.35. The van der Waals surface area contributed by atoms with Gasteiger partial charge in [-0.1, -0.05) is 59.5 Å². The maximum Gasteiger partial charge on any atom is 0.248 e. The van der Waals surface area contributed by atoms with Gasteiger partial charge in [-0.25, -0.2) is 0 Å². The topological polar surface area (TPSA) is 55.6 Å². The first-order valence-electron chi connectivity index (χ1n) is 9.58. The number of allylic oxidation sites excluding steroid dienone is 2. The number of halogens is 2. The second kappa shape index (κ2) is 7.32. The van der Waals surface area contributed by atoms with Crippen molar-refractivity contribution in [3.05, 3.63) is 86.5 Å². The number of fused-ring (bicyclic) bond motifs is 1. The molecule has 1 aliphatic carbocycles. The minimum absolute atomic E-state index is 0.0510. The Bertz CT molecular complexity index is 1110. The zero-order chi connectivity index (χ0) is 20.0. The molecule has 0 amide bonds. The predicted molar refractivity (Wildman–Crippen MR) is 116 cm³/mol. The fourth-order valence-electron chi connectivity index (χ4n) is 4.23. The number of tetrazole rings is 1. The van der Waals surface area contributed by atoms with Gasteiger partial charge < -0.3 is 5.32 Å². The molecule has 5 nitrogen and oxygen atoms in total. The summed E-state index contributed by atoms with van der Waals surface area (Å²) in [5.41, 5.74) is 5.93. The first-order valence-corrected chi connectivity index (χ1v) is 10.3.